The summed E-state index contributed by atoms with van der Waals surface area (Å²) < 4.78 is 7.46. The summed E-state index contributed by atoms with van der Waals surface area (Å²) in [4.78, 5) is 26.5. The molecule has 0 N–H and O–H groups in total. The number of carbonyl (C=O) groups is 1. The van der Waals surface area contributed by atoms with Gasteiger partial charge in [-0.1, -0.05) is 0 Å². The largest absolute Gasteiger partial charge is 0.379 e. The molecule has 8 heteroatoms. The van der Waals surface area contributed by atoms with E-state index in [1.165, 1.54) is 6.33 Å². The average molecular weight is 338 g/mol. The Bertz CT molecular complexity index is 866. The summed E-state index contributed by atoms with van der Waals surface area (Å²) in [6.07, 6.45) is 8.80. The molecule has 1 amide bonds. The topological polar surface area (TPSA) is 85.5 Å². The molecule has 3 aromatic heterocycles. The maximum atomic E-state index is 12.7. The van der Waals surface area contributed by atoms with Gasteiger partial charge in [-0.25, -0.2) is 19.5 Å². The van der Waals surface area contributed by atoms with Gasteiger partial charge < -0.3 is 9.64 Å². The molecule has 25 heavy (non-hydrogen) atoms. The molecule has 1 unspecified atom stereocenters. The lowest BCUT2D eigenvalue weighted by Crippen LogP contribution is -2.36. The zero-order valence-corrected chi connectivity index (χ0v) is 13.7. The Balaban J connectivity index is 1.48. The molecule has 128 valence electrons. The molecule has 3 aromatic rings. The average Bonchev–Trinajstić information content (AvgIpc) is 2.99. The number of carbonyl (C=O) groups excluding carboxylic acids is 1. The van der Waals surface area contributed by atoms with E-state index in [4.69, 9.17) is 4.74 Å². The molecule has 0 aromatic carbocycles. The van der Waals surface area contributed by atoms with Crippen LogP contribution < -0.4 is 0 Å². The number of hydrogen-bond donors (Lipinski definition) is 0. The first-order valence-corrected chi connectivity index (χ1v) is 8.21. The van der Waals surface area contributed by atoms with E-state index >= 15 is 0 Å². The summed E-state index contributed by atoms with van der Waals surface area (Å²) >= 11 is 0. The summed E-state index contributed by atoms with van der Waals surface area (Å²) in [7, 11) is 0. The van der Waals surface area contributed by atoms with Gasteiger partial charge in [0, 0.05) is 43.8 Å². The lowest BCUT2D eigenvalue weighted by molar-refractivity contribution is 0.0736. The van der Waals surface area contributed by atoms with Crippen LogP contribution in [-0.2, 0) is 11.2 Å². The van der Waals surface area contributed by atoms with E-state index in [1.807, 2.05) is 23.2 Å². The highest BCUT2D eigenvalue weighted by atomic mass is 16.5. The number of nitrogens with zero attached hydrogens (tertiary/aromatic N) is 6. The van der Waals surface area contributed by atoms with Crippen LogP contribution in [0.3, 0.4) is 0 Å². The second-order valence-electron chi connectivity index (χ2n) is 6.08. The molecule has 0 bridgehead atoms. The smallest absolute Gasteiger partial charge is 0.257 e. The summed E-state index contributed by atoms with van der Waals surface area (Å²) in [5.74, 6) is 0.124. The van der Waals surface area contributed by atoms with Gasteiger partial charge in [0.2, 0.25) is 0 Å². The van der Waals surface area contributed by atoms with Crippen LogP contribution in [0.1, 0.15) is 16.1 Å². The van der Waals surface area contributed by atoms with Crippen molar-refractivity contribution in [3.05, 3.63) is 54.5 Å². The molecule has 0 spiro atoms. The Kier molecular flexibility index (Phi) is 4.34. The van der Waals surface area contributed by atoms with Crippen molar-refractivity contribution in [2.45, 2.75) is 6.42 Å². The number of hydrogen-bond acceptors (Lipinski definition) is 6. The van der Waals surface area contributed by atoms with Crippen LogP contribution in [0.2, 0.25) is 0 Å². The summed E-state index contributed by atoms with van der Waals surface area (Å²) in [6.45, 7) is 2.33. The monoisotopic (exact) mass is 338 g/mol. The standard InChI is InChI=1S/C17H18N6O2/c24-17(14-8-18-12-19-9-14)22-5-6-25-11-13(10-22)7-15-1-2-16-20-3-4-23(16)21-15/h1-4,8-9,12-13H,5-7,10-11H2. The molecule has 1 atom stereocenters. The fourth-order valence-electron chi connectivity index (χ4n) is 3.04. The lowest BCUT2D eigenvalue weighted by atomic mass is 10.0. The maximum Gasteiger partial charge on any atom is 0.257 e. The minimum Gasteiger partial charge on any atom is -0.379 e. The van der Waals surface area contributed by atoms with E-state index in [2.05, 4.69) is 20.1 Å². The van der Waals surface area contributed by atoms with E-state index in [0.29, 0.717) is 31.9 Å². The number of amides is 1. The zero-order valence-electron chi connectivity index (χ0n) is 13.7. The molecule has 4 rings (SSSR count). The third-order valence-corrected chi connectivity index (χ3v) is 4.24. The molecule has 1 fully saturated rings. The first kappa shape index (κ1) is 15.6. The molecule has 0 aliphatic carbocycles. The summed E-state index contributed by atoms with van der Waals surface area (Å²) in [5.41, 5.74) is 2.28. The molecule has 0 radical (unpaired) electrons. The van der Waals surface area contributed by atoms with Crippen LogP contribution >= 0.6 is 0 Å². The number of ether oxygens (including phenoxy) is 1. The van der Waals surface area contributed by atoms with Gasteiger partial charge in [0.05, 0.1) is 24.5 Å². The first-order chi connectivity index (χ1) is 12.3. The predicted molar refractivity (Wildman–Crippen MR) is 88.9 cm³/mol. The maximum absolute atomic E-state index is 12.7. The number of fused-ring (bicyclic) bond motifs is 1. The minimum atomic E-state index is -0.0610. The van der Waals surface area contributed by atoms with Crippen molar-refractivity contribution in [3.63, 3.8) is 0 Å². The fraction of sp³-hybridized carbons (Fsp3) is 0.353. The highest BCUT2D eigenvalue weighted by Crippen LogP contribution is 2.15. The molecule has 1 saturated heterocycles. The van der Waals surface area contributed by atoms with E-state index in [-0.39, 0.29) is 11.8 Å². The van der Waals surface area contributed by atoms with Gasteiger partial charge in [0.1, 0.15) is 6.33 Å². The summed E-state index contributed by atoms with van der Waals surface area (Å²) in [5, 5.41) is 4.56. The second-order valence-corrected chi connectivity index (χ2v) is 6.08. The zero-order chi connectivity index (χ0) is 17.1. The molecule has 1 aliphatic heterocycles. The van der Waals surface area contributed by atoms with Gasteiger partial charge >= 0.3 is 0 Å². The van der Waals surface area contributed by atoms with E-state index in [0.717, 1.165) is 17.8 Å². The van der Waals surface area contributed by atoms with Gasteiger partial charge in [0.15, 0.2) is 5.65 Å². The fourth-order valence-corrected chi connectivity index (χ4v) is 3.04. The van der Waals surface area contributed by atoms with Gasteiger partial charge in [0.25, 0.3) is 5.91 Å². The summed E-state index contributed by atoms with van der Waals surface area (Å²) in [6, 6.07) is 3.93. The first-order valence-electron chi connectivity index (χ1n) is 8.21. The van der Waals surface area contributed by atoms with Crippen molar-refractivity contribution in [2.24, 2.45) is 5.92 Å². The van der Waals surface area contributed by atoms with Crippen LogP contribution in [0.25, 0.3) is 5.65 Å². The van der Waals surface area contributed by atoms with Crippen molar-refractivity contribution in [1.29, 1.82) is 0 Å². The van der Waals surface area contributed by atoms with Crippen molar-refractivity contribution in [2.75, 3.05) is 26.3 Å². The molecule has 0 saturated carbocycles. The lowest BCUT2D eigenvalue weighted by Gasteiger charge is -2.23. The Morgan fingerprint density at radius 1 is 1.28 bits per heavy atom. The van der Waals surface area contributed by atoms with Gasteiger partial charge in [-0.2, -0.15) is 5.10 Å². The van der Waals surface area contributed by atoms with Crippen LogP contribution in [-0.4, -0.2) is 61.7 Å². The Labute approximate surface area is 144 Å². The van der Waals surface area contributed by atoms with E-state index in [1.54, 1.807) is 23.1 Å². The molecular weight excluding hydrogens is 320 g/mol. The molecular formula is C17H18N6O2. The van der Waals surface area contributed by atoms with Crippen LogP contribution in [0, 0.1) is 5.92 Å². The highest BCUT2D eigenvalue weighted by molar-refractivity contribution is 5.93. The van der Waals surface area contributed by atoms with Gasteiger partial charge in [-0.3, -0.25) is 4.79 Å². The van der Waals surface area contributed by atoms with Crippen molar-refractivity contribution < 1.29 is 9.53 Å². The van der Waals surface area contributed by atoms with Gasteiger partial charge in [-0.05, 0) is 18.6 Å². The Morgan fingerprint density at radius 2 is 2.16 bits per heavy atom. The van der Waals surface area contributed by atoms with Crippen molar-refractivity contribution >= 4 is 11.6 Å². The van der Waals surface area contributed by atoms with Crippen molar-refractivity contribution in [3.8, 4) is 0 Å². The molecule has 8 nitrogen and oxygen atoms in total. The number of aromatic nitrogens is 5. The van der Waals surface area contributed by atoms with Crippen LogP contribution in [0.5, 0.6) is 0 Å². The Hall–Kier alpha value is -2.87. The Morgan fingerprint density at radius 3 is 3.04 bits per heavy atom. The van der Waals surface area contributed by atoms with Crippen molar-refractivity contribution in [1.82, 2.24) is 29.5 Å². The third-order valence-electron chi connectivity index (χ3n) is 4.24. The third kappa shape index (κ3) is 3.48. The highest BCUT2D eigenvalue weighted by Gasteiger charge is 2.24. The number of rotatable bonds is 3. The van der Waals surface area contributed by atoms with Crippen LogP contribution in [0.15, 0.2) is 43.2 Å². The molecule has 1 aliphatic rings. The minimum absolute atomic E-state index is 0.0610. The van der Waals surface area contributed by atoms with E-state index < -0.39 is 0 Å². The SMILES string of the molecule is O=C(c1cncnc1)N1CCOCC(Cc2ccc3nccn3n2)C1. The quantitative estimate of drug-likeness (QED) is 0.704. The predicted octanol–water partition coefficient (Wildman–Crippen LogP) is 0.851. The van der Waals surface area contributed by atoms with E-state index in [9.17, 15) is 4.79 Å². The number of imidazole rings is 1. The van der Waals surface area contributed by atoms with Gasteiger partial charge in [-0.15, -0.1) is 0 Å². The normalized spacial score (nSPS) is 18.2. The molecule has 4 heterocycles. The second kappa shape index (κ2) is 6.94. The van der Waals surface area contributed by atoms with Crippen LogP contribution in [0.4, 0.5) is 0 Å².